The molecule has 62 valence electrons. The van der Waals surface area contributed by atoms with Crippen LogP contribution in [0.4, 0.5) is 0 Å². The highest BCUT2D eigenvalue weighted by molar-refractivity contribution is 5.94. The van der Waals surface area contributed by atoms with Crippen molar-refractivity contribution in [3.63, 3.8) is 0 Å². The van der Waals surface area contributed by atoms with Crippen molar-refractivity contribution in [2.24, 2.45) is 0 Å². The predicted molar refractivity (Wildman–Crippen MR) is 35.9 cm³/mol. The third-order valence-electron chi connectivity index (χ3n) is 0.980. The average molecular weight is 159 g/mol. The summed E-state index contributed by atoms with van der Waals surface area (Å²) in [5.41, 5.74) is 0. The first kappa shape index (κ1) is 9.61. The molecule has 2 N–H and O–H groups in total. The molecule has 0 aromatic heterocycles. The number of hydrogen-bond donors (Lipinski definition) is 2. The Balaban J connectivity index is 3.37. The van der Waals surface area contributed by atoms with E-state index >= 15 is 0 Å². The summed E-state index contributed by atoms with van der Waals surface area (Å²) in [5.74, 6) is -1.52. The quantitative estimate of drug-likeness (QED) is 0.301. The molecule has 0 aliphatic rings. The molecule has 0 radical (unpaired) electrons. The first-order chi connectivity index (χ1) is 5.16. The zero-order chi connectivity index (χ0) is 8.69. The molecule has 0 spiro atoms. The number of rotatable bonds is 6. The molecule has 0 fully saturated rings. The first-order valence-electron chi connectivity index (χ1n) is 3.07. The van der Waals surface area contributed by atoms with Gasteiger partial charge in [0.05, 0.1) is 0 Å². The molecule has 5 heteroatoms. The van der Waals surface area contributed by atoms with E-state index in [1.54, 1.807) is 0 Å². The van der Waals surface area contributed by atoms with E-state index in [0.29, 0.717) is 6.41 Å². The Morgan fingerprint density at radius 1 is 1.45 bits per heavy atom. The van der Waals surface area contributed by atoms with E-state index in [-0.39, 0.29) is 18.7 Å². The van der Waals surface area contributed by atoms with Gasteiger partial charge in [-0.1, -0.05) is 0 Å². The van der Waals surface area contributed by atoms with Crippen molar-refractivity contribution in [1.29, 1.82) is 0 Å². The van der Waals surface area contributed by atoms with E-state index in [1.807, 2.05) is 0 Å². The highest BCUT2D eigenvalue weighted by Crippen LogP contribution is 1.87. The second-order valence-corrected chi connectivity index (χ2v) is 1.93. The van der Waals surface area contributed by atoms with Gasteiger partial charge in [-0.05, 0) is 0 Å². The van der Waals surface area contributed by atoms with Crippen molar-refractivity contribution in [2.75, 3.05) is 6.54 Å². The molecule has 0 heterocycles. The molecule has 0 aliphatic heterocycles. The lowest BCUT2D eigenvalue weighted by Gasteiger charge is -1.95. The van der Waals surface area contributed by atoms with Gasteiger partial charge in [0.2, 0.25) is 6.41 Å². The summed E-state index contributed by atoms with van der Waals surface area (Å²) in [6, 6.07) is 0. The maximum atomic E-state index is 10.6. The molecule has 0 bridgehead atoms. The topological polar surface area (TPSA) is 83.5 Å². The third-order valence-corrected chi connectivity index (χ3v) is 0.980. The van der Waals surface area contributed by atoms with E-state index in [0.717, 1.165) is 0 Å². The van der Waals surface area contributed by atoms with Crippen LogP contribution in [0.2, 0.25) is 0 Å². The van der Waals surface area contributed by atoms with Crippen molar-refractivity contribution >= 4 is 18.2 Å². The fraction of sp³-hybridized carbons (Fsp3) is 0.500. The van der Waals surface area contributed by atoms with Crippen LogP contribution in [0.5, 0.6) is 0 Å². The average Bonchev–Trinajstić information content (AvgIpc) is 1.86. The Labute approximate surface area is 63.4 Å². The number of aliphatic carboxylic acids is 1. The second-order valence-electron chi connectivity index (χ2n) is 1.93. The summed E-state index contributed by atoms with van der Waals surface area (Å²) in [6.07, 6.45) is 0.0691. The standard InChI is InChI=1S/C6H9NO4/c8-4-7-2-1-5(9)3-6(10)11/h4H,1-3H2,(H,7,8)(H,10,11). The predicted octanol–water partition coefficient (Wildman–Crippen LogP) is -0.834. The minimum Gasteiger partial charge on any atom is -0.481 e. The zero-order valence-corrected chi connectivity index (χ0v) is 5.87. The number of Topliss-reactive ketones (excluding diaryl/α,β-unsaturated/α-hetero) is 1. The molecule has 0 unspecified atom stereocenters. The number of amides is 1. The van der Waals surface area contributed by atoms with Crippen molar-refractivity contribution in [1.82, 2.24) is 5.32 Å². The zero-order valence-electron chi connectivity index (χ0n) is 5.87. The number of ketones is 1. The van der Waals surface area contributed by atoms with Crippen molar-refractivity contribution in [3.8, 4) is 0 Å². The van der Waals surface area contributed by atoms with Crippen LogP contribution in [0.1, 0.15) is 12.8 Å². The third kappa shape index (κ3) is 6.50. The van der Waals surface area contributed by atoms with Crippen LogP contribution in [0.15, 0.2) is 0 Å². The van der Waals surface area contributed by atoms with Crippen LogP contribution in [-0.4, -0.2) is 29.8 Å². The van der Waals surface area contributed by atoms with E-state index in [4.69, 9.17) is 5.11 Å². The second kappa shape index (κ2) is 5.40. The summed E-state index contributed by atoms with van der Waals surface area (Å²) in [5, 5.41) is 10.4. The van der Waals surface area contributed by atoms with Gasteiger partial charge in [-0.15, -0.1) is 0 Å². The maximum Gasteiger partial charge on any atom is 0.310 e. The highest BCUT2D eigenvalue weighted by Gasteiger charge is 2.05. The van der Waals surface area contributed by atoms with Crippen LogP contribution in [-0.2, 0) is 14.4 Å². The molecule has 0 saturated heterocycles. The monoisotopic (exact) mass is 159 g/mol. The largest absolute Gasteiger partial charge is 0.481 e. The van der Waals surface area contributed by atoms with Gasteiger partial charge in [-0.3, -0.25) is 14.4 Å². The number of carbonyl (C=O) groups excluding carboxylic acids is 2. The number of carbonyl (C=O) groups is 3. The van der Waals surface area contributed by atoms with Gasteiger partial charge in [0.1, 0.15) is 12.2 Å². The smallest absolute Gasteiger partial charge is 0.310 e. The molecule has 1 amide bonds. The van der Waals surface area contributed by atoms with Crippen molar-refractivity contribution < 1.29 is 19.5 Å². The highest BCUT2D eigenvalue weighted by atomic mass is 16.4. The molecular weight excluding hydrogens is 150 g/mol. The Kier molecular flexibility index (Phi) is 4.72. The van der Waals surface area contributed by atoms with Crippen molar-refractivity contribution in [2.45, 2.75) is 12.8 Å². The summed E-state index contributed by atoms with van der Waals surface area (Å²) >= 11 is 0. The Morgan fingerprint density at radius 3 is 2.55 bits per heavy atom. The SMILES string of the molecule is O=CNCCC(=O)CC(=O)O. The van der Waals surface area contributed by atoms with E-state index < -0.39 is 12.4 Å². The molecular formula is C6H9NO4. The number of nitrogens with one attached hydrogen (secondary N) is 1. The summed E-state index contributed by atoms with van der Waals surface area (Å²) in [7, 11) is 0. The van der Waals surface area contributed by atoms with Crippen molar-refractivity contribution in [3.05, 3.63) is 0 Å². The van der Waals surface area contributed by atoms with Crippen LogP contribution >= 0.6 is 0 Å². The Bertz CT molecular complexity index is 166. The van der Waals surface area contributed by atoms with Gasteiger partial charge < -0.3 is 10.4 Å². The number of carboxylic acids is 1. The molecule has 0 saturated carbocycles. The fourth-order valence-corrected chi connectivity index (χ4v) is 0.528. The molecule has 11 heavy (non-hydrogen) atoms. The Hall–Kier alpha value is -1.39. The maximum absolute atomic E-state index is 10.6. The molecule has 0 aromatic carbocycles. The van der Waals surface area contributed by atoms with Gasteiger partial charge in [-0.25, -0.2) is 0 Å². The van der Waals surface area contributed by atoms with Gasteiger partial charge in [0.25, 0.3) is 0 Å². The van der Waals surface area contributed by atoms with Gasteiger partial charge in [0, 0.05) is 13.0 Å². The van der Waals surface area contributed by atoms with Crippen LogP contribution in [0.25, 0.3) is 0 Å². The molecule has 0 aliphatic carbocycles. The molecule has 0 rings (SSSR count). The van der Waals surface area contributed by atoms with Crippen LogP contribution in [0.3, 0.4) is 0 Å². The molecule has 0 atom stereocenters. The normalized spacial score (nSPS) is 8.73. The van der Waals surface area contributed by atoms with E-state index in [1.165, 1.54) is 0 Å². The van der Waals surface area contributed by atoms with Gasteiger partial charge >= 0.3 is 5.97 Å². The van der Waals surface area contributed by atoms with Crippen LogP contribution in [0, 0.1) is 0 Å². The molecule has 5 nitrogen and oxygen atoms in total. The van der Waals surface area contributed by atoms with Gasteiger partial charge in [0.15, 0.2) is 0 Å². The Morgan fingerprint density at radius 2 is 2.09 bits per heavy atom. The van der Waals surface area contributed by atoms with E-state index in [9.17, 15) is 14.4 Å². The van der Waals surface area contributed by atoms with Gasteiger partial charge in [-0.2, -0.15) is 0 Å². The summed E-state index contributed by atoms with van der Waals surface area (Å²) in [6.45, 7) is 0.204. The lowest BCUT2D eigenvalue weighted by molar-refractivity contribution is -0.140. The lowest BCUT2D eigenvalue weighted by Crippen LogP contribution is -2.17. The van der Waals surface area contributed by atoms with E-state index in [2.05, 4.69) is 5.32 Å². The minimum atomic E-state index is -1.14. The fourth-order valence-electron chi connectivity index (χ4n) is 0.528. The molecule has 0 aromatic rings. The van der Waals surface area contributed by atoms with Crippen LogP contribution < -0.4 is 5.32 Å². The lowest BCUT2D eigenvalue weighted by atomic mass is 10.2. The number of carboxylic acid groups (broad SMARTS) is 1. The summed E-state index contributed by atoms with van der Waals surface area (Å²) in [4.78, 5) is 30.2. The number of hydrogen-bond acceptors (Lipinski definition) is 3. The minimum absolute atomic E-state index is 0.0744. The summed E-state index contributed by atoms with van der Waals surface area (Å²) < 4.78 is 0. The first-order valence-corrected chi connectivity index (χ1v) is 3.07.